The fourth-order valence-corrected chi connectivity index (χ4v) is 3.16. The lowest BCUT2D eigenvalue weighted by Gasteiger charge is -2.26. The van der Waals surface area contributed by atoms with Crippen molar-refractivity contribution in [3.63, 3.8) is 0 Å². The molecule has 2 aromatic rings. The number of hydrogen-bond donors (Lipinski definition) is 1. The summed E-state index contributed by atoms with van der Waals surface area (Å²) in [5, 5.41) is 4.61. The van der Waals surface area contributed by atoms with Crippen LogP contribution in [0.4, 0.5) is 5.82 Å². The van der Waals surface area contributed by atoms with Gasteiger partial charge in [-0.25, -0.2) is 9.97 Å². The van der Waals surface area contributed by atoms with E-state index >= 15 is 0 Å². The predicted molar refractivity (Wildman–Crippen MR) is 83.8 cm³/mol. The molecule has 106 valence electrons. The number of para-hydroxylation sites is 1. The van der Waals surface area contributed by atoms with E-state index in [2.05, 4.69) is 28.3 Å². The minimum absolute atomic E-state index is 0.895. The molecular formula is C17H23N3. The number of fused-ring (bicyclic) bond motifs is 1. The second-order valence-corrected chi connectivity index (χ2v) is 6.08. The largest absolute Gasteiger partial charge is 0.369 e. The maximum absolute atomic E-state index is 4.38. The Bertz CT molecular complexity index is 554. The molecule has 3 heteroatoms. The van der Waals surface area contributed by atoms with Crippen molar-refractivity contribution in [1.29, 1.82) is 0 Å². The first kappa shape index (κ1) is 13.3. The zero-order valence-corrected chi connectivity index (χ0v) is 12.2. The van der Waals surface area contributed by atoms with E-state index in [-0.39, 0.29) is 0 Å². The van der Waals surface area contributed by atoms with Crippen LogP contribution in [-0.2, 0) is 0 Å². The van der Waals surface area contributed by atoms with Crippen molar-refractivity contribution >= 4 is 16.7 Å². The molecule has 1 saturated carbocycles. The Hall–Kier alpha value is -1.64. The molecule has 1 fully saturated rings. The normalized spacial score (nSPS) is 22.9. The first-order chi connectivity index (χ1) is 9.83. The lowest BCUT2D eigenvalue weighted by atomic mass is 9.81. The zero-order chi connectivity index (χ0) is 13.8. The van der Waals surface area contributed by atoms with Gasteiger partial charge in [0.15, 0.2) is 0 Å². The molecule has 1 aromatic carbocycles. The Balaban J connectivity index is 1.57. The van der Waals surface area contributed by atoms with E-state index in [4.69, 9.17) is 0 Å². The Morgan fingerprint density at radius 2 is 1.90 bits per heavy atom. The molecule has 0 aliphatic heterocycles. The lowest BCUT2D eigenvalue weighted by Crippen LogP contribution is -2.16. The maximum atomic E-state index is 4.38. The second-order valence-electron chi connectivity index (χ2n) is 6.08. The summed E-state index contributed by atoms with van der Waals surface area (Å²) in [4.78, 5) is 8.68. The molecule has 20 heavy (non-hydrogen) atoms. The van der Waals surface area contributed by atoms with Gasteiger partial charge in [-0.3, -0.25) is 0 Å². The van der Waals surface area contributed by atoms with Gasteiger partial charge in [0, 0.05) is 11.9 Å². The fraction of sp³-hybridized carbons (Fsp3) is 0.529. The van der Waals surface area contributed by atoms with Gasteiger partial charge in [-0.15, -0.1) is 0 Å². The average molecular weight is 269 g/mol. The first-order valence-corrected chi connectivity index (χ1v) is 7.76. The van der Waals surface area contributed by atoms with Gasteiger partial charge in [0.1, 0.15) is 12.1 Å². The van der Waals surface area contributed by atoms with Crippen molar-refractivity contribution in [2.75, 3.05) is 11.9 Å². The van der Waals surface area contributed by atoms with Gasteiger partial charge in [0.05, 0.1) is 5.52 Å². The Morgan fingerprint density at radius 1 is 1.10 bits per heavy atom. The molecule has 1 heterocycles. The second kappa shape index (κ2) is 6.21. The van der Waals surface area contributed by atoms with E-state index in [0.717, 1.165) is 35.1 Å². The van der Waals surface area contributed by atoms with Gasteiger partial charge in [-0.2, -0.15) is 0 Å². The van der Waals surface area contributed by atoms with Gasteiger partial charge in [0.25, 0.3) is 0 Å². The van der Waals surface area contributed by atoms with Crippen LogP contribution in [-0.4, -0.2) is 16.5 Å². The number of anilines is 1. The fourth-order valence-electron chi connectivity index (χ4n) is 3.16. The molecule has 0 saturated heterocycles. The summed E-state index contributed by atoms with van der Waals surface area (Å²) in [6.07, 6.45) is 8.50. The molecular weight excluding hydrogens is 246 g/mol. The number of nitrogens with zero attached hydrogens (tertiary/aromatic N) is 2. The predicted octanol–water partition coefficient (Wildman–Crippen LogP) is 4.26. The molecule has 1 aliphatic rings. The molecule has 0 bridgehead atoms. The molecule has 1 N–H and O–H groups in total. The Labute approximate surface area is 120 Å². The van der Waals surface area contributed by atoms with Gasteiger partial charge in [-0.05, 0) is 30.4 Å². The lowest BCUT2D eigenvalue weighted by molar-refractivity contribution is 0.282. The summed E-state index contributed by atoms with van der Waals surface area (Å²) in [6.45, 7) is 3.39. The Kier molecular flexibility index (Phi) is 4.14. The van der Waals surface area contributed by atoms with Crippen molar-refractivity contribution < 1.29 is 0 Å². The van der Waals surface area contributed by atoms with Crippen LogP contribution in [0.3, 0.4) is 0 Å². The molecule has 1 aromatic heterocycles. The minimum Gasteiger partial charge on any atom is -0.369 e. The summed E-state index contributed by atoms with van der Waals surface area (Å²) in [6, 6.07) is 8.17. The number of hydrogen-bond acceptors (Lipinski definition) is 3. The average Bonchev–Trinajstić information content (AvgIpc) is 2.49. The molecule has 1 aliphatic carbocycles. The Morgan fingerprint density at radius 3 is 2.75 bits per heavy atom. The molecule has 3 nitrogen and oxygen atoms in total. The minimum atomic E-state index is 0.895. The standard InChI is InChI=1S/C17H23N3/c1-13-6-8-14(9-7-13)10-11-18-17-15-4-2-3-5-16(15)19-12-20-17/h2-5,12-14H,6-11H2,1H3,(H,18,19,20). The van der Waals surface area contributed by atoms with Crippen LogP contribution in [0, 0.1) is 11.8 Å². The van der Waals surface area contributed by atoms with Crippen molar-refractivity contribution in [3.8, 4) is 0 Å². The van der Waals surface area contributed by atoms with Crippen molar-refractivity contribution in [2.24, 2.45) is 11.8 Å². The first-order valence-electron chi connectivity index (χ1n) is 7.76. The summed E-state index contributed by atoms with van der Waals surface area (Å²) in [5.41, 5.74) is 1.01. The van der Waals surface area contributed by atoms with Crippen molar-refractivity contribution in [2.45, 2.75) is 39.0 Å². The molecule has 0 radical (unpaired) electrons. The van der Waals surface area contributed by atoms with E-state index in [1.165, 1.54) is 32.1 Å². The molecule has 0 amide bonds. The topological polar surface area (TPSA) is 37.8 Å². The van der Waals surface area contributed by atoms with E-state index in [9.17, 15) is 0 Å². The van der Waals surface area contributed by atoms with Crippen molar-refractivity contribution in [1.82, 2.24) is 9.97 Å². The van der Waals surface area contributed by atoms with Gasteiger partial charge in [0.2, 0.25) is 0 Å². The van der Waals surface area contributed by atoms with E-state index in [0.29, 0.717) is 0 Å². The number of rotatable bonds is 4. The molecule has 3 rings (SSSR count). The highest BCUT2D eigenvalue weighted by Gasteiger charge is 2.17. The van der Waals surface area contributed by atoms with E-state index in [1.54, 1.807) is 6.33 Å². The highest BCUT2D eigenvalue weighted by molar-refractivity contribution is 5.88. The van der Waals surface area contributed by atoms with Crippen LogP contribution >= 0.6 is 0 Å². The number of nitrogens with one attached hydrogen (secondary N) is 1. The van der Waals surface area contributed by atoms with Crippen LogP contribution in [0.5, 0.6) is 0 Å². The van der Waals surface area contributed by atoms with Crippen LogP contribution < -0.4 is 5.32 Å². The van der Waals surface area contributed by atoms with E-state index in [1.807, 2.05) is 18.2 Å². The van der Waals surface area contributed by atoms with Gasteiger partial charge < -0.3 is 5.32 Å². The zero-order valence-electron chi connectivity index (χ0n) is 12.2. The van der Waals surface area contributed by atoms with Crippen LogP contribution in [0.2, 0.25) is 0 Å². The molecule has 0 spiro atoms. The van der Waals surface area contributed by atoms with Crippen LogP contribution in [0.15, 0.2) is 30.6 Å². The third-order valence-corrected chi connectivity index (χ3v) is 4.52. The summed E-state index contributed by atoms with van der Waals surface area (Å²) in [7, 11) is 0. The van der Waals surface area contributed by atoms with Crippen molar-refractivity contribution in [3.05, 3.63) is 30.6 Å². The monoisotopic (exact) mass is 269 g/mol. The molecule has 0 atom stereocenters. The smallest absolute Gasteiger partial charge is 0.137 e. The quantitative estimate of drug-likeness (QED) is 0.901. The third kappa shape index (κ3) is 3.09. The summed E-state index contributed by atoms with van der Waals surface area (Å²) >= 11 is 0. The van der Waals surface area contributed by atoms with Gasteiger partial charge >= 0.3 is 0 Å². The number of benzene rings is 1. The number of aromatic nitrogens is 2. The summed E-state index contributed by atoms with van der Waals surface area (Å²) < 4.78 is 0. The van der Waals surface area contributed by atoms with Gasteiger partial charge in [-0.1, -0.05) is 44.7 Å². The third-order valence-electron chi connectivity index (χ3n) is 4.52. The molecule has 0 unspecified atom stereocenters. The SMILES string of the molecule is CC1CCC(CCNc2ncnc3ccccc23)CC1. The maximum Gasteiger partial charge on any atom is 0.137 e. The van der Waals surface area contributed by atoms with Crippen LogP contribution in [0.25, 0.3) is 10.9 Å². The van der Waals surface area contributed by atoms with E-state index < -0.39 is 0 Å². The summed E-state index contributed by atoms with van der Waals surface area (Å²) in [5.74, 6) is 2.80. The highest BCUT2D eigenvalue weighted by atomic mass is 15.0. The van der Waals surface area contributed by atoms with Crippen LogP contribution in [0.1, 0.15) is 39.0 Å². The highest BCUT2D eigenvalue weighted by Crippen LogP contribution is 2.30.